The van der Waals surface area contributed by atoms with Crippen LogP contribution in [0.15, 0.2) is 28.7 Å². The van der Waals surface area contributed by atoms with E-state index in [4.69, 9.17) is 4.42 Å². The van der Waals surface area contributed by atoms with Gasteiger partial charge >= 0.3 is 0 Å². The molecule has 0 atom stereocenters. The smallest absolute Gasteiger partial charge is 0.247 e. The van der Waals surface area contributed by atoms with Crippen molar-refractivity contribution in [2.45, 2.75) is 51.9 Å². The van der Waals surface area contributed by atoms with Gasteiger partial charge < -0.3 is 9.73 Å². The summed E-state index contributed by atoms with van der Waals surface area (Å²) in [4.78, 5) is 13.0. The van der Waals surface area contributed by atoms with Gasteiger partial charge in [0.2, 0.25) is 17.7 Å². The van der Waals surface area contributed by atoms with E-state index in [2.05, 4.69) is 15.5 Å². The Morgan fingerprint density at radius 2 is 1.78 bits per heavy atom. The lowest BCUT2D eigenvalue weighted by molar-refractivity contribution is -0.146. The first-order valence-electron chi connectivity index (χ1n) is 10.3. The second kappa shape index (κ2) is 6.47. The molecular formula is C22H27N3O2. The zero-order valence-corrected chi connectivity index (χ0v) is 15.9. The van der Waals surface area contributed by atoms with Crippen LogP contribution in [0.1, 0.15) is 50.0 Å². The highest BCUT2D eigenvalue weighted by Crippen LogP contribution is 2.60. The lowest BCUT2D eigenvalue weighted by Gasteiger charge is -2.55. The first-order valence-corrected chi connectivity index (χ1v) is 10.3. The third kappa shape index (κ3) is 3.07. The number of amides is 1. The van der Waals surface area contributed by atoms with Crippen molar-refractivity contribution in [2.24, 2.45) is 23.2 Å². The first-order chi connectivity index (χ1) is 13.1. The molecular weight excluding hydrogens is 338 g/mol. The summed E-state index contributed by atoms with van der Waals surface area (Å²) >= 11 is 0. The van der Waals surface area contributed by atoms with Gasteiger partial charge in [-0.3, -0.25) is 4.79 Å². The lowest BCUT2D eigenvalue weighted by atomic mass is 9.49. The van der Waals surface area contributed by atoms with Crippen LogP contribution in [-0.4, -0.2) is 22.6 Å². The fraction of sp³-hybridized carbons (Fsp3) is 0.591. The number of aryl methyl sites for hydroxylation is 1. The van der Waals surface area contributed by atoms with Crippen LogP contribution in [-0.2, 0) is 11.2 Å². The average molecular weight is 365 g/mol. The minimum Gasteiger partial charge on any atom is -0.421 e. The number of hydrogen-bond acceptors (Lipinski definition) is 4. The van der Waals surface area contributed by atoms with Gasteiger partial charge in [0, 0.05) is 23.9 Å². The summed E-state index contributed by atoms with van der Waals surface area (Å²) in [7, 11) is 0. The van der Waals surface area contributed by atoms with Crippen molar-refractivity contribution >= 4 is 5.91 Å². The van der Waals surface area contributed by atoms with E-state index in [0.717, 1.165) is 48.1 Å². The Morgan fingerprint density at radius 1 is 1.11 bits per heavy atom. The fourth-order valence-corrected chi connectivity index (χ4v) is 6.14. The topological polar surface area (TPSA) is 68.0 Å². The van der Waals surface area contributed by atoms with Crippen LogP contribution in [0.4, 0.5) is 0 Å². The molecule has 142 valence electrons. The molecule has 4 fully saturated rings. The molecule has 5 nitrogen and oxygen atoms in total. The minimum atomic E-state index is -0.0874. The van der Waals surface area contributed by atoms with Crippen molar-refractivity contribution in [3.8, 4) is 11.5 Å². The molecule has 6 rings (SSSR count). The standard InChI is InChI=1S/C22H27N3O2/c1-14-4-2-3-5-18(14)20-25-24-19(27-20)6-7-23-21(26)22-11-15-8-16(12-22)10-17(9-15)13-22/h2-5,15-17H,6-13H2,1H3,(H,23,26). The van der Waals surface area contributed by atoms with E-state index in [0.29, 0.717) is 24.7 Å². The number of nitrogens with zero attached hydrogens (tertiary/aromatic N) is 2. The second-order valence-corrected chi connectivity index (χ2v) is 9.02. The highest BCUT2D eigenvalue weighted by Gasteiger charge is 2.54. The Labute approximate surface area is 159 Å². The van der Waals surface area contributed by atoms with Gasteiger partial charge in [-0.2, -0.15) is 0 Å². The molecule has 0 radical (unpaired) electrons. The molecule has 1 heterocycles. The maximum absolute atomic E-state index is 13.0. The normalized spacial score (nSPS) is 31.2. The second-order valence-electron chi connectivity index (χ2n) is 9.02. The molecule has 0 spiro atoms. The van der Waals surface area contributed by atoms with E-state index >= 15 is 0 Å². The maximum atomic E-state index is 13.0. The molecule has 4 saturated carbocycles. The highest BCUT2D eigenvalue weighted by atomic mass is 16.4. The van der Waals surface area contributed by atoms with Crippen molar-refractivity contribution < 1.29 is 9.21 Å². The molecule has 0 saturated heterocycles. The van der Waals surface area contributed by atoms with E-state index in [1.165, 1.54) is 19.3 Å². The fourth-order valence-electron chi connectivity index (χ4n) is 6.14. The van der Waals surface area contributed by atoms with E-state index in [9.17, 15) is 4.79 Å². The first kappa shape index (κ1) is 17.0. The highest BCUT2D eigenvalue weighted by molar-refractivity contribution is 5.83. The number of nitrogens with one attached hydrogen (secondary N) is 1. The lowest BCUT2D eigenvalue weighted by Crippen LogP contribution is -2.53. The molecule has 27 heavy (non-hydrogen) atoms. The molecule has 4 aliphatic rings. The predicted octanol–water partition coefficient (Wildman–Crippen LogP) is 3.92. The predicted molar refractivity (Wildman–Crippen MR) is 102 cm³/mol. The van der Waals surface area contributed by atoms with E-state index in [1.54, 1.807) is 0 Å². The summed E-state index contributed by atoms with van der Waals surface area (Å²) in [5.41, 5.74) is 1.99. The SMILES string of the molecule is Cc1ccccc1-c1nnc(CCNC(=O)C23CC4CC(CC(C4)C2)C3)o1. The van der Waals surface area contributed by atoms with E-state index in [1.807, 2.05) is 31.2 Å². The molecule has 1 N–H and O–H groups in total. The van der Waals surface area contributed by atoms with Crippen molar-refractivity contribution in [1.82, 2.24) is 15.5 Å². The molecule has 1 aromatic carbocycles. The number of rotatable bonds is 5. The molecule has 5 heteroatoms. The summed E-state index contributed by atoms with van der Waals surface area (Å²) in [5.74, 6) is 3.76. The zero-order chi connectivity index (χ0) is 18.4. The summed E-state index contributed by atoms with van der Waals surface area (Å²) < 4.78 is 5.81. The van der Waals surface area contributed by atoms with Gasteiger partial charge in [-0.05, 0) is 74.8 Å². The van der Waals surface area contributed by atoms with Crippen LogP contribution >= 0.6 is 0 Å². The largest absolute Gasteiger partial charge is 0.421 e. The Bertz CT molecular complexity index is 821. The van der Waals surface area contributed by atoms with Crippen LogP contribution in [0, 0.1) is 30.1 Å². The van der Waals surface area contributed by atoms with Gasteiger partial charge in [-0.1, -0.05) is 18.2 Å². The third-order valence-electron chi connectivity index (χ3n) is 6.99. The number of benzene rings is 1. The van der Waals surface area contributed by atoms with Gasteiger partial charge in [0.25, 0.3) is 0 Å². The van der Waals surface area contributed by atoms with Gasteiger partial charge in [-0.25, -0.2) is 0 Å². The zero-order valence-electron chi connectivity index (χ0n) is 15.9. The van der Waals surface area contributed by atoms with Gasteiger partial charge in [-0.15, -0.1) is 10.2 Å². The molecule has 4 aliphatic carbocycles. The van der Waals surface area contributed by atoms with Gasteiger partial charge in [0.15, 0.2) is 0 Å². The van der Waals surface area contributed by atoms with Crippen LogP contribution in [0.25, 0.3) is 11.5 Å². The molecule has 0 unspecified atom stereocenters. The van der Waals surface area contributed by atoms with Gasteiger partial charge in [0.1, 0.15) is 0 Å². The number of aromatic nitrogens is 2. The Balaban J connectivity index is 1.20. The summed E-state index contributed by atoms with van der Waals surface area (Å²) in [5, 5.41) is 11.5. The Morgan fingerprint density at radius 3 is 2.44 bits per heavy atom. The van der Waals surface area contributed by atoms with E-state index < -0.39 is 0 Å². The Hall–Kier alpha value is -2.17. The van der Waals surface area contributed by atoms with E-state index in [-0.39, 0.29) is 11.3 Å². The number of hydrogen-bond donors (Lipinski definition) is 1. The molecule has 2 aromatic rings. The number of carbonyl (C=O) groups excluding carboxylic acids is 1. The van der Waals surface area contributed by atoms with Crippen molar-refractivity contribution in [1.29, 1.82) is 0 Å². The van der Waals surface area contributed by atoms with Crippen LogP contribution in [0.2, 0.25) is 0 Å². The molecule has 1 amide bonds. The van der Waals surface area contributed by atoms with Gasteiger partial charge in [0.05, 0.1) is 0 Å². The third-order valence-corrected chi connectivity index (χ3v) is 6.99. The van der Waals surface area contributed by atoms with Crippen molar-refractivity contribution in [3.05, 3.63) is 35.7 Å². The number of carbonyl (C=O) groups is 1. The summed E-state index contributed by atoms with van der Waals surface area (Å²) in [6, 6.07) is 7.99. The Kier molecular flexibility index (Phi) is 4.06. The summed E-state index contributed by atoms with van der Waals surface area (Å²) in [6.45, 7) is 2.60. The quantitative estimate of drug-likeness (QED) is 0.872. The molecule has 1 aromatic heterocycles. The molecule has 4 bridgehead atoms. The van der Waals surface area contributed by atoms with Crippen LogP contribution < -0.4 is 5.32 Å². The van der Waals surface area contributed by atoms with Crippen LogP contribution in [0.5, 0.6) is 0 Å². The van der Waals surface area contributed by atoms with Crippen molar-refractivity contribution in [3.63, 3.8) is 0 Å². The maximum Gasteiger partial charge on any atom is 0.247 e. The van der Waals surface area contributed by atoms with Crippen LogP contribution in [0.3, 0.4) is 0 Å². The molecule has 0 aliphatic heterocycles. The summed E-state index contributed by atoms with van der Waals surface area (Å²) in [6.07, 6.45) is 7.95. The monoisotopic (exact) mass is 365 g/mol. The minimum absolute atomic E-state index is 0.0874. The average Bonchev–Trinajstić information content (AvgIpc) is 3.09. The van der Waals surface area contributed by atoms with Crippen molar-refractivity contribution in [2.75, 3.05) is 6.54 Å².